The molecule has 3 nitrogen and oxygen atoms in total. The molecule has 3 rings (SSSR count). The van der Waals surface area contributed by atoms with Gasteiger partial charge in [-0.3, -0.25) is 0 Å². The van der Waals surface area contributed by atoms with Crippen LogP contribution in [0, 0.1) is 0 Å². The zero-order valence-corrected chi connectivity index (χ0v) is 12.7. The lowest BCUT2D eigenvalue weighted by atomic mass is 9.92. The highest BCUT2D eigenvalue weighted by molar-refractivity contribution is 8.00. The number of anilines is 2. The maximum atomic E-state index is 3.73. The summed E-state index contributed by atoms with van der Waals surface area (Å²) in [6, 6.07) is 7.23. The first kappa shape index (κ1) is 12.9. The van der Waals surface area contributed by atoms with Gasteiger partial charge in [0.05, 0.1) is 0 Å². The average molecular weight is 276 g/mol. The van der Waals surface area contributed by atoms with E-state index in [0.717, 1.165) is 0 Å². The van der Waals surface area contributed by atoms with E-state index in [2.05, 4.69) is 47.5 Å². The fourth-order valence-electron chi connectivity index (χ4n) is 2.94. The van der Waals surface area contributed by atoms with Gasteiger partial charge in [0.25, 0.3) is 0 Å². The smallest absolute Gasteiger partial charge is 0.153 e. The van der Waals surface area contributed by atoms with Crippen LogP contribution in [0.5, 0.6) is 0 Å². The van der Waals surface area contributed by atoms with Gasteiger partial charge in [0.2, 0.25) is 0 Å². The monoisotopic (exact) mass is 276 g/mol. The molecule has 2 aliphatic rings. The molecule has 1 aliphatic carbocycles. The second-order valence-electron chi connectivity index (χ2n) is 5.57. The van der Waals surface area contributed by atoms with Crippen molar-refractivity contribution in [2.45, 2.75) is 35.4 Å². The minimum Gasteiger partial charge on any atom is -0.388 e. The summed E-state index contributed by atoms with van der Waals surface area (Å²) in [6.45, 7) is 0. The van der Waals surface area contributed by atoms with Crippen LogP contribution in [-0.2, 0) is 0 Å². The lowest BCUT2D eigenvalue weighted by Gasteiger charge is -2.37. The van der Waals surface area contributed by atoms with Crippen LogP contribution in [-0.4, -0.2) is 42.7 Å². The van der Waals surface area contributed by atoms with Crippen molar-refractivity contribution in [2.24, 2.45) is 0 Å². The maximum Gasteiger partial charge on any atom is 0.153 e. The Balaban J connectivity index is 1.86. The van der Waals surface area contributed by atoms with Crippen molar-refractivity contribution < 1.29 is 4.58 Å². The Hall–Kier alpha value is -1.16. The van der Waals surface area contributed by atoms with E-state index in [1.807, 2.05) is 18.8 Å². The molecule has 4 heteroatoms. The van der Waals surface area contributed by atoms with E-state index in [1.54, 1.807) is 5.71 Å². The zero-order chi connectivity index (χ0) is 13.4. The van der Waals surface area contributed by atoms with E-state index in [9.17, 15) is 0 Å². The molecule has 0 spiro atoms. The lowest BCUT2D eigenvalue weighted by Crippen LogP contribution is -2.41. The predicted octanol–water partition coefficient (Wildman–Crippen LogP) is 2.88. The molecule has 102 valence electrons. The minimum atomic E-state index is 0.627. The Labute approximate surface area is 119 Å². The Morgan fingerprint density at radius 2 is 2.21 bits per heavy atom. The Kier molecular flexibility index (Phi) is 3.44. The fourth-order valence-corrected chi connectivity index (χ4v) is 4.36. The summed E-state index contributed by atoms with van der Waals surface area (Å²) < 4.78 is 2.30. The van der Waals surface area contributed by atoms with Crippen molar-refractivity contribution in [1.29, 1.82) is 0 Å². The molecule has 0 amide bonds. The highest BCUT2D eigenvalue weighted by atomic mass is 32.2. The number of thioether (sulfide) groups is 1. The van der Waals surface area contributed by atoms with Gasteiger partial charge in [0, 0.05) is 47.5 Å². The molecule has 1 saturated carbocycles. The van der Waals surface area contributed by atoms with Crippen molar-refractivity contribution in [1.82, 2.24) is 0 Å². The molecular weight excluding hydrogens is 254 g/mol. The second kappa shape index (κ2) is 5.08. The van der Waals surface area contributed by atoms with Gasteiger partial charge in [-0.2, -0.15) is 0 Å². The van der Waals surface area contributed by atoms with Gasteiger partial charge in [-0.25, -0.2) is 4.58 Å². The Bertz CT molecular complexity index is 520. The normalized spacial score (nSPS) is 25.1. The van der Waals surface area contributed by atoms with Crippen LogP contribution in [0.15, 0.2) is 23.1 Å². The van der Waals surface area contributed by atoms with Gasteiger partial charge >= 0.3 is 0 Å². The molecule has 1 aliphatic heterocycles. The van der Waals surface area contributed by atoms with E-state index >= 15 is 0 Å². The molecule has 0 aromatic heterocycles. The molecule has 1 fully saturated rings. The quantitative estimate of drug-likeness (QED) is 0.772. The molecule has 1 aromatic carbocycles. The van der Waals surface area contributed by atoms with E-state index in [0.29, 0.717) is 11.3 Å². The van der Waals surface area contributed by atoms with Gasteiger partial charge in [-0.05, 0) is 24.6 Å². The summed E-state index contributed by atoms with van der Waals surface area (Å²) in [5, 5.41) is 7.62. The van der Waals surface area contributed by atoms with Crippen molar-refractivity contribution in [3.05, 3.63) is 18.2 Å². The van der Waals surface area contributed by atoms with Crippen molar-refractivity contribution >= 4 is 28.8 Å². The van der Waals surface area contributed by atoms with E-state index < -0.39 is 0 Å². The van der Waals surface area contributed by atoms with Gasteiger partial charge in [0.15, 0.2) is 5.71 Å². The zero-order valence-electron chi connectivity index (χ0n) is 11.9. The number of rotatable bonds is 1. The minimum absolute atomic E-state index is 0.627. The van der Waals surface area contributed by atoms with Crippen LogP contribution in [0.1, 0.15) is 19.3 Å². The number of nitrogens with one attached hydrogen (secondary N) is 2. The third-order valence-corrected chi connectivity index (χ3v) is 5.54. The number of hydrogen-bond donors (Lipinski definition) is 2. The summed E-state index contributed by atoms with van der Waals surface area (Å²) >= 11 is 2.04. The van der Waals surface area contributed by atoms with Crippen LogP contribution in [0.25, 0.3) is 0 Å². The van der Waals surface area contributed by atoms with Crippen molar-refractivity contribution in [2.75, 3.05) is 31.8 Å². The third kappa shape index (κ3) is 2.46. The van der Waals surface area contributed by atoms with E-state index in [4.69, 9.17) is 0 Å². The summed E-state index contributed by atoms with van der Waals surface area (Å²) in [6.07, 6.45) is 3.68. The van der Waals surface area contributed by atoms with Gasteiger partial charge in [0.1, 0.15) is 14.1 Å². The largest absolute Gasteiger partial charge is 0.388 e. The SMILES string of the molecule is CNc1ccc2c(c1)S[C@H]1CC(=[N+](C)C)CC[C@H]1N2. The number of benzene rings is 1. The summed E-state index contributed by atoms with van der Waals surface area (Å²) in [5.74, 6) is 0. The lowest BCUT2D eigenvalue weighted by molar-refractivity contribution is -0.467. The van der Waals surface area contributed by atoms with Crippen molar-refractivity contribution in [3.8, 4) is 0 Å². The van der Waals surface area contributed by atoms with Crippen molar-refractivity contribution in [3.63, 3.8) is 0 Å². The Morgan fingerprint density at radius 1 is 1.37 bits per heavy atom. The van der Waals surface area contributed by atoms with E-state index in [-0.39, 0.29) is 0 Å². The Morgan fingerprint density at radius 3 is 2.95 bits per heavy atom. The fraction of sp³-hybridized carbons (Fsp3) is 0.533. The van der Waals surface area contributed by atoms with Gasteiger partial charge in [-0.15, -0.1) is 11.8 Å². The maximum absolute atomic E-state index is 3.73. The summed E-state index contributed by atoms with van der Waals surface area (Å²) in [4.78, 5) is 1.38. The first-order valence-electron chi connectivity index (χ1n) is 6.94. The number of nitrogens with zero attached hydrogens (tertiary/aromatic N) is 1. The van der Waals surface area contributed by atoms with Crippen LogP contribution in [0.4, 0.5) is 11.4 Å². The van der Waals surface area contributed by atoms with Gasteiger partial charge in [-0.1, -0.05) is 0 Å². The molecule has 19 heavy (non-hydrogen) atoms. The molecule has 0 saturated heterocycles. The van der Waals surface area contributed by atoms with Gasteiger partial charge < -0.3 is 10.6 Å². The predicted molar refractivity (Wildman–Crippen MR) is 84.0 cm³/mol. The second-order valence-corrected chi connectivity index (χ2v) is 6.85. The summed E-state index contributed by atoms with van der Waals surface area (Å²) in [5.41, 5.74) is 4.08. The van der Waals surface area contributed by atoms with Crippen LogP contribution in [0.2, 0.25) is 0 Å². The molecule has 2 N–H and O–H groups in total. The highest BCUT2D eigenvalue weighted by Gasteiger charge is 2.35. The highest BCUT2D eigenvalue weighted by Crippen LogP contribution is 2.43. The summed E-state index contributed by atoms with van der Waals surface area (Å²) in [7, 11) is 6.32. The molecular formula is C15H22N3S+. The molecule has 0 bridgehead atoms. The standard InChI is InChI=1S/C15H22N3S/c1-16-10-4-6-12-14(8-10)19-15-9-11(18(2)3)5-7-13(15)17-12/h4,6,8,13,15-17H,5,7,9H2,1-3H3/q+1/t13-,15+/m1/s1. The van der Waals surface area contributed by atoms with E-state index in [1.165, 1.54) is 35.5 Å². The average Bonchev–Trinajstić information content (AvgIpc) is 2.43. The number of fused-ring (bicyclic) bond motifs is 2. The van der Waals surface area contributed by atoms with Crippen LogP contribution < -0.4 is 10.6 Å². The molecule has 0 unspecified atom stereocenters. The molecule has 0 radical (unpaired) electrons. The topological polar surface area (TPSA) is 27.1 Å². The molecule has 2 atom stereocenters. The third-order valence-electron chi connectivity index (χ3n) is 4.15. The molecule has 1 heterocycles. The number of hydrogen-bond acceptors (Lipinski definition) is 3. The van der Waals surface area contributed by atoms with Crippen LogP contribution >= 0.6 is 11.8 Å². The first-order chi connectivity index (χ1) is 9.17. The first-order valence-corrected chi connectivity index (χ1v) is 7.82. The molecule has 1 aromatic rings. The van der Waals surface area contributed by atoms with Crippen LogP contribution in [0.3, 0.4) is 0 Å².